The highest BCUT2D eigenvalue weighted by molar-refractivity contribution is 7.91. The van der Waals surface area contributed by atoms with Crippen LogP contribution >= 0.6 is 0 Å². The molecular weight excluding hydrogens is 340 g/mol. The van der Waals surface area contributed by atoms with Crippen LogP contribution in [0.4, 0.5) is 0 Å². The Morgan fingerprint density at radius 2 is 1.88 bits per heavy atom. The molecule has 0 spiro atoms. The summed E-state index contributed by atoms with van der Waals surface area (Å²) < 4.78 is 31.7. The van der Waals surface area contributed by atoms with E-state index in [2.05, 4.69) is 33.4 Å². The normalized spacial score (nSPS) is 14.4. The largest absolute Gasteiger partial charge is 0.384 e. The molecule has 0 aliphatic rings. The third kappa shape index (κ3) is 5.34. The number of ether oxygens (including phenoxy) is 1. The molecule has 0 saturated carbocycles. The Balaban J connectivity index is 1.90. The molecule has 2 heterocycles. The first-order valence-corrected chi connectivity index (χ1v) is 10.1. The number of imidazole rings is 1. The van der Waals surface area contributed by atoms with Crippen molar-refractivity contribution < 1.29 is 13.2 Å². The fourth-order valence-electron chi connectivity index (χ4n) is 2.75. The summed E-state index contributed by atoms with van der Waals surface area (Å²) in [7, 11) is -1.74. The van der Waals surface area contributed by atoms with E-state index >= 15 is 0 Å². The topological polar surface area (TPSA) is 87.0 Å². The molecule has 0 fully saturated rings. The summed E-state index contributed by atoms with van der Waals surface area (Å²) >= 11 is 0. The van der Waals surface area contributed by atoms with Crippen LogP contribution in [0.15, 0.2) is 36.0 Å². The molecule has 2 rings (SSSR count). The van der Waals surface area contributed by atoms with Crippen LogP contribution in [-0.4, -0.2) is 47.4 Å². The van der Waals surface area contributed by atoms with Gasteiger partial charge in [0.15, 0.2) is 0 Å². The lowest BCUT2D eigenvalue weighted by molar-refractivity contribution is 0.198. The van der Waals surface area contributed by atoms with E-state index in [4.69, 9.17) is 4.74 Å². The Labute approximate surface area is 149 Å². The van der Waals surface area contributed by atoms with E-state index in [0.29, 0.717) is 18.9 Å². The van der Waals surface area contributed by atoms with Crippen molar-refractivity contribution in [3.8, 4) is 0 Å². The Kier molecular flexibility index (Phi) is 7.07. The molecule has 138 valence electrons. The van der Waals surface area contributed by atoms with Crippen LogP contribution in [0, 0.1) is 5.92 Å². The zero-order chi connectivity index (χ0) is 18.3. The van der Waals surface area contributed by atoms with E-state index in [1.807, 2.05) is 6.20 Å². The van der Waals surface area contributed by atoms with Crippen molar-refractivity contribution in [2.45, 2.75) is 44.3 Å². The third-order valence-corrected chi connectivity index (χ3v) is 6.03. The Morgan fingerprint density at radius 1 is 1.16 bits per heavy atom. The Bertz CT molecular complexity index is 746. The van der Waals surface area contributed by atoms with E-state index < -0.39 is 9.84 Å². The van der Waals surface area contributed by atoms with Crippen molar-refractivity contribution in [3.63, 3.8) is 0 Å². The van der Waals surface area contributed by atoms with Gasteiger partial charge in [-0.2, -0.15) is 0 Å². The Morgan fingerprint density at radius 3 is 2.56 bits per heavy atom. The molecule has 25 heavy (non-hydrogen) atoms. The van der Waals surface area contributed by atoms with Crippen molar-refractivity contribution in [2.24, 2.45) is 5.92 Å². The molecule has 2 unspecified atom stereocenters. The predicted molar refractivity (Wildman–Crippen MR) is 95.0 cm³/mol. The lowest BCUT2D eigenvalue weighted by Crippen LogP contribution is -2.18. The first-order valence-electron chi connectivity index (χ1n) is 8.46. The van der Waals surface area contributed by atoms with Crippen LogP contribution < -0.4 is 0 Å². The minimum atomic E-state index is -3.41. The maximum absolute atomic E-state index is 12.2. The lowest BCUT2D eigenvalue weighted by Gasteiger charge is -2.23. The molecule has 0 aliphatic carbocycles. The molecule has 0 aromatic carbocycles. The van der Waals surface area contributed by atoms with Gasteiger partial charge in [0.05, 0.1) is 12.4 Å². The van der Waals surface area contributed by atoms with Gasteiger partial charge in [0.25, 0.3) is 0 Å². The first-order chi connectivity index (χ1) is 12.0. The quantitative estimate of drug-likeness (QED) is 0.600. The summed E-state index contributed by atoms with van der Waals surface area (Å²) in [6.07, 6.45) is 8.81. The lowest BCUT2D eigenvalue weighted by atomic mass is 9.98. The van der Waals surface area contributed by atoms with E-state index in [9.17, 15) is 8.42 Å². The van der Waals surface area contributed by atoms with Gasteiger partial charge >= 0.3 is 0 Å². The molecule has 0 bridgehead atoms. The number of nitrogens with zero attached hydrogens (tertiary/aromatic N) is 4. The van der Waals surface area contributed by atoms with Gasteiger partial charge in [-0.3, -0.25) is 0 Å². The third-order valence-electron chi connectivity index (χ3n) is 4.43. The molecule has 0 saturated heterocycles. The second-order valence-electron chi connectivity index (χ2n) is 6.20. The average Bonchev–Trinajstić information content (AvgIpc) is 3.08. The predicted octanol–water partition coefficient (Wildman–Crippen LogP) is 2.31. The average molecular weight is 366 g/mol. The summed E-state index contributed by atoms with van der Waals surface area (Å²) in [4.78, 5) is 12.1. The van der Waals surface area contributed by atoms with Gasteiger partial charge in [0.1, 0.15) is 5.82 Å². The monoisotopic (exact) mass is 366 g/mol. The molecular formula is C17H26N4O3S. The molecule has 2 atom stereocenters. The Hall–Kier alpha value is -1.80. The molecule has 0 radical (unpaired) electrons. The van der Waals surface area contributed by atoms with Crippen molar-refractivity contribution >= 4 is 9.84 Å². The number of hydrogen-bond acceptors (Lipinski definition) is 6. The number of sulfone groups is 1. The minimum Gasteiger partial charge on any atom is -0.384 e. The summed E-state index contributed by atoms with van der Waals surface area (Å²) in [6.45, 7) is 4.90. The highest BCUT2D eigenvalue weighted by Crippen LogP contribution is 2.24. The van der Waals surface area contributed by atoms with Crippen LogP contribution in [0.25, 0.3) is 0 Å². The zero-order valence-electron chi connectivity index (χ0n) is 15.0. The molecule has 0 amide bonds. The fourth-order valence-corrected chi connectivity index (χ4v) is 3.92. The fraction of sp³-hybridized carbons (Fsp3) is 0.588. The maximum Gasteiger partial charge on any atom is 0.246 e. The van der Waals surface area contributed by atoms with Crippen LogP contribution in [0.3, 0.4) is 0 Å². The molecule has 0 N–H and O–H groups in total. The molecule has 7 nitrogen and oxygen atoms in total. The van der Waals surface area contributed by atoms with Gasteiger partial charge in [-0.05, 0) is 31.7 Å². The van der Waals surface area contributed by atoms with Gasteiger partial charge in [-0.15, -0.1) is 0 Å². The van der Waals surface area contributed by atoms with E-state index in [0.717, 1.165) is 18.7 Å². The number of methoxy groups -OCH3 is 1. The SMILES string of the molecule is COCCc1nccn1C(C)C(C)CCCS(=O)(=O)c1ncccn1. The second kappa shape index (κ2) is 9.05. The molecule has 2 aromatic rings. The van der Waals surface area contributed by atoms with E-state index in [1.54, 1.807) is 19.4 Å². The van der Waals surface area contributed by atoms with E-state index in [-0.39, 0.29) is 17.0 Å². The van der Waals surface area contributed by atoms with Crippen molar-refractivity contribution in [3.05, 3.63) is 36.7 Å². The maximum atomic E-state index is 12.2. The smallest absolute Gasteiger partial charge is 0.246 e. The number of hydrogen-bond donors (Lipinski definition) is 0. The van der Waals surface area contributed by atoms with Crippen LogP contribution in [0.5, 0.6) is 0 Å². The summed E-state index contributed by atoms with van der Waals surface area (Å²) in [5, 5.41) is -0.0906. The van der Waals surface area contributed by atoms with Gasteiger partial charge in [-0.1, -0.05) is 6.92 Å². The van der Waals surface area contributed by atoms with Crippen molar-refractivity contribution in [1.82, 2.24) is 19.5 Å². The summed E-state index contributed by atoms with van der Waals surface area (Å²) in [6, 6.07) is 1.85. The zero-order valence-corrected chi connectivity index (χ0v) is 15.8. The van der Waals surface area contributed by atoms with Crippen LogP contribution in [0.2, 0.25) is 0 Å². The molecule has 0 aliphatic heterocycles. The second-order valence-corrected chi connectivity index (χ2v) is 8.21. The van der Waals surface area contributed by atoms with Gasteiger partial charge in [0, 0.05) is 44.4 Å². The van der Waals surface area contributed by atoms with Gasteiger partial charge in [-0.25, -0.2) is 23.4 Å². The van der Waals surface area contributed by atoms with Crippen LogP contribution in [0.1, 0.15) is 38.6 Å². The van der Waals surface area contributed by atoms with Crippen LogP contribution in [-0.2, 0) is 21.0 Å². The highest BCUT2D eigenvalue weighted by Gasteiger charge is 2.20. The standard InChI is InChI=1S/C17H26N4O3S/c1-14(15(2)21-11-10-18-16(21)7-12-24-3)6-4-13-25(22,23)17-19-8-5-9-20-17/h5,8-11,14-15H,4,6-7,12-13H2,1-3H3. The molecule has 2 aromatic heterocycles. The highest BCUT2D eigenvalue weighted by atomic mass is 32.2. The van der Waals surface area contributed by atoms with Crippen molar-refractivity contribution in [1.29, 1.82) is 0 Å². The molecule has 8 heteroatoms. The summed E-state index contributed by atoms with van der Waals surface area (Å²) in [5.41, 5.74) is 0. The number of aromatic nitrogens is 4. The van der Waals surface area contributed by atoms with E-state index in [1.165, 1.54) is 12.4 Å². The first kappa shape index (κ1) is 19.5. The minimum absolute atomic E-state index is 0.0640. The van der Waals surface area contributed by atoms with Crippen molar-refractivity contribution in [2.75, 3.05) is 19.5 Å². The van der Waals surface area contributed by atoms with Gasteiger partial charge < -0.3 is 9.30 Å². The van der Waals surface area contributed by atoms with Gasteiger partial charge in [0.2, 0.25) is 15.0 Å². The summed E-state index contributed by atoms with van der Waals surface area (Å²) in [5.74, 6) is 1.38. The number of rotatable bonds is 10.